The number of amides is 1. The summed E-state index contributed by atoms with van der Waals surface area (Å²) in [4.78, 5) is 44.1. The average molecular weight is 302 g/mol. The van der Waals surface area contributed by atoms with Gasteiger partial charge in [0.1, 0.15) is 0 Å². The Morgan fingerprint density at radius 2 is 1.62 bits per heavy atom. The smallest absolute Gasteiger partial charge is 0.304 e. The minimum Gasteiger partial charge on any atom is -0.481 e. The Kier molecular flexibility index (Phi) is 8.95. The van der Waals surface area contributed by atoms with Crippen LogP contribution in [0.5, 0.6) is 0 Å². The number of rotatable bonds is 11. The molecule has 0 saturated heterocycles. The van der Waals surface area contributed by atoms with E-state index in [4.69, 9.17) is 10.2 Å². The lowest BCUT2D eigenvalue weighted by molar-refractivity contribution is -0.138. The van der Waals surface area contributed by atoms with Crippen LogP contribution in [-0.4, -0.2) is 53.0 Å². The van der Waals surface area contributed by atoms with Crippen molar-refractivity contribution in [3.8, 4) is 0 Å². The number of Topliss-reactive ketones (excluding diaryl/α,β-unsaturated/α-hetero) is 1. The van der Waals surface area contributed by atoms with Gasteiger partial charge in [0.05, 0.1) is 12.5 Å². The zero-order chi connectivity index (χ0) is 16.4. The van der Waals surface area contributed by atoms with E-state index in [0.29, 0.717) is 6.42 Å². The van der Waals surface area contributed by atoms with Crippen molar-refractivity contribution in [2.45, 2.75) is 51.1 Å². The molecule has 0 aromatic rings. The van der Waals surface area contributed by atoms with E-state index < -0.39 is 23.9 Å². The van der Waals surface area contributed by atoms with Gasteiger partial charge >= 0.3 is 11.9 Å². The summed E-state index contributed by atoms with van der Waals surface area (Å²) in [6.07, 6.45) is 0.121. The minimum absolute atomic E-state index is 0.0426. The highest BCUT2D eigenvalue weighted by Gasteiger charge is 2.19. The lowest BCUT2D eigenvalue weighted by Crippen LogP contribution is -2.40. The van der Waals surface area contributed by atoms with Crippen molar-refractivity contribution in [2.24, 2.45) is 0 Å². The number of aliphatic carboxylic acids is 2. The Balaban J connectivity index is 4.27. The number of carboxylic acid groups (broad SMARTS) is 2. The van der Waals surface area contributed by atoms with Gasteiger partial charge in [-0.3, -0.25) is 19.2 Å². The topological polar surface area (TPSA) is 133 Å². The fourth-order valence-corrected chi connectivity index (χ4v) is 1.78. The van der Waals surface area contributed by atoms with Crippen LogP contribution in [0.25, 0.3) is 0 Å². The predicted molar refractivity (Wildman–Crippen MR) is 73.8 cm³/mol. The molecule has 0 heterocycles. The molecule has 8 nitrogen and oxygen atoms in total. The molecule has 2 atom stereocenters. The van der Waals surface area contributed by atoms with Crippen LogP contribution in [0.3, 0.4) is 0 Å². The van der Waals surface area contributed by atoms with Crippen LogP contribution >= 0.6 is 0 Å². The summed E-state index contributed by atoms with van der Waals surface area (Å²) < 4.78 is 0. The van der Waals surface area contributed by atoms with Gasteiger partial charge in [0, 0.05) is 18.9 Å². The molecule has 0 rings (SSSR count). The highest BCUT2D eigenvalue weighted by atomic mass is 16.4. The summed E-state index contributed by atoms with van der Waals surface area (Å²) in [5.74, 6) is -2.70. The number of carbonyl (C=O) groups is 4. The Hall–Kier alpha value is -1.96. The highest BCUT2D eigenvalue weighted by molar-refractivity contribution is 5.87. The van der Waals surface area contributed by atoms with Crippen LogP contribution < -0.4 is 10.6 Å². The Bertz CT molecular complexity index is 396. The summed E-state index contributed by atoms with van der Waals surface area (Å²) in [5.41, 5.74) is 0. The van der Waals surface area contributed by atoms with Gasteiger partial charge in [0.2, 0.25) is 5.91 Å². The summed E-state index contributed by atoms with van der Waals surface area (Å²) in [6, 6.07) is -1.15. The lowest BCUT2D eigenvalue weighted by atomic mass is 10.1. The fourth-order valence-electron chi connectivity index (χ4n) is 1.78. The molecule has 0 unspecified atom stereocenters. The number of hydrogen-bond donors (Lipinski definition) is 4. The number of carbonyl (C=O) groups excluding carboxylic acids is 2. The van der Waals surface area contributed by atoms with Crippen LogP contribution in [0, 0.1) is 0 Å². The second-order valence-corrected chi connectivity index (χ2v) is 4.79. The minimum atomic E-state index is -1.03. The van der Waals surface area contributed by atoms with E-state index in [1.807, 2.05) is 0 Å². The van der Waals surface area contributed by atoms with E-state index in [9.17, 15) is 19.2 Å². The Morgan fingerprint density at radius 1 is 1.00 bits per heavy atom. The quantitative estimate of drug-likeness (QED) is 0.414. The highest BCUT2D eigenvalue weighted by Crippen LogP contribution is 2.04. The molecule has 0 aliphatic heterocycles. The average Bonchev–Trinajstić information content (AvgIpc) is 2.38. The zero-order valence-corrected chi connectivity index (χ0v) is 12.2. The molecule has 0 saturated carbocycles. The first-order valence-corrected chi connectivity index (χ1v) is 6.67. The van der Waals surface area contributed by atoms with Gasteiger partial charge in [-0.15, -0.1) is 0 Å². The monoisotopic (exact) mass is 302 g/mol. The first kappa shape index (κ1) is 19.0. The number of ketones is 1. The summed E-state index contributed by atoms with van der Waals surface area (Å²) in [7, 11) is 1.61. The molecule has 0 fully saturated rings. The van der Waals surface area contributed by atoms with Gasteiger partial charge < -0.3 is 20.8 Å². The van der Waals surface area contributed by atoms with Gasteiger partial charge in [-0.1, -0.05) is 0 Å². The third-order valence-corrected chi connectivity index (χ3v) is 3.02. The molecular formula is C13H22N2O6. The van der Waals surface area contributed by atoms with Crippen molar-refractivity contribution in [3.05, 3.63) is 0 Å². The van der Waals surface area contributed by atoms with E-state index in [-0.39, 0.29) is 37.5 Å². The maximum atomic E-state index is 11.7. The zero-order valence-electron chi connectivity index (χ0n) is 12.2. The van der Waals surface area contributed by atoms with Crippen molar-refractivity contribution in [2.75, 3.05) is 7.05 Å². The first-order valence-electron chi connectivity index (χ1n) is 6.67. The third kappa shape index (κ3) is 9.55. The number of hydrogen-bond acceptors (Lipinski definition) is 5. The molecule has 0 aromatic heterocycles. The molecule has 0 spiro atoms. The largest absolute Gasteiger partial charge is 0.481 e. The summed E-state index contributed by atoms with van der Waals surface area (Å²) >= 11 is 0. The molecule has 21 heavy (non-hydrogen) atoms. The van der Waals surface area contributed by atoms with Crippen molar-refractivity contribution in [3.63, 3.8) is 0 Å². The van der Waals surface area contributed by atoms with Crippen molar-refractivity contribution < 1.29 is 29.4 Å². The standard InChI is InChI=1S/C13H22N2O6/c1-8(16)10(4-6-12(18)19)15-11(17)5-3-9(14-2)7-13(20)21/h9-10,14H,3-7H2,1-2H3,(H,15,17)(H,18,19)(H,20,21)/t9-,10-/m0/s1. The maximum Gasteiger partial charge on any atom is 0.304 e. The first-order chi connectivity index (χ1) is 9.76. The summed E-state index contributed by atoms with van der Waals surface area (Å²) in [5, 5.41) is 22.5. The second kappa shape index (κ2) is 9.87. The van der Waals surface area contributed by atoms with Gasteiger partial charge in [-0.25, -0.2) is 0 Å². The number of nitrogens with one attached hydrogen (secondary N) is 2. The summed E-state index contributed by atoms with van der Waals surface area (Å²) in [6.45, 7) is 1.29. The molecule has 0 aliphatic carbocycles. The third-order valence-electron chi connectivity index (χ3n) is 3.02. The Morgan fingerprint density at radius 3 is 2.05 bits per heavy atom. The van der Waals surface area contributed by atoms with Crippen LogP contribution in [0.1, 0.15) is 39.0 Å². The molecule has 0 radical (unpaired) electrons. The Labute approximate surface area is 122 Å². The normalized spacial score (nSPS) is 13.2. The van der Waals surface area contributed by atoms with Crippen molar-refractivity contribution in [1.82, 2.24) is 10.6 Å². The molecule has 0 bridgehead atoms. The van der Waals surface area contributed by atoms with Gasteiger partial charge in [-0.2, -0.15) is 0 Å². The molecule has 120 valence electrons. The van der Waals surface area contributed by atoms with E-state index in [2.05, 4.69) is 10.6 Å². The van der Waals surface area contributed by atoms with E-state index in [0.717, 1.165) is 0 Å². The van der Waals surface area contributed by atoms with E-state index in [1.165, 1.54) is 6.92 Å². The second-order valence-electron chi connectivity index (χ2n) is 4.79. The lowest BCUT2D eigenvalue weighted by Gasteiger charge is -2.17. The van der Waals surface area contributed by atoms with Crippen molar-refractivity contribution in [1.29, 1.82) is 0 Å². The van der Waals surface area contributed by atoms with Gasteiger partial charge in [0.15, 0.2) is 5.78 Å². The predicted octanol–water partition coefficient (Wildman–Crippen LogP) is -0.232. The maximum absolute atomic E-state index is 11.7. The molecule has 0 aliphatic rings. The molecule has 1 amide bonds. The van der Waals surface area contributed by atoms with Crippen LogP contribution in [0.4, 0.5) is 0 Å². The molecule has 4 N–H and O–H groups in total. The SMILES string of the molecule is CN[C@@H](CCC(=O)N[C@@H](CCC(=O)O)C(C)=O)CC(=O)O. The van der Waals surface area contributed by atoms with Gasteiger partial charge in [-0.05, 0) is 26.8 Å². The van der Waals surface area contributed by atoms with Crippen molar-refractivity contribution >= 4 is 23.6 Å². The molecule has 8 heteroatoms. The molecular weight excluding hydrogens is 280 g/mol. The van der Waals surface area contributed by atoms with E-state index >= 15 is 0 Å². The fraction of sp³-hybridized carbons (Fsp3) is 0.692. The van der Waals surface area contributed by atoms with Crippen LogP contribution in [-0.2, 0) is 19.2 Å². The van der Waals surface area contributed by atoms with E-state index in [1.54, 1.807) is 7.05 Å². The van der Waals surface area contributed by atoms with Gasteiger partial charge in [0.25, 0.3) is 0 Å². The molecule has 0 aromatic carbocycles. The number of carboxylic acids is 2. The van der Waals surface area contributed by atoms with Crippen LogP contribution in [0.2, 0.25) is 0 Å². The van der Waals surface area contributed by atoms with Crippen LogP contribution in [0.15, 0.2) is 0 Å².